The van der Waals surface area contributed by atoms with Crippen LogP contribution >= 0.6 is 15.9 Å². The van der Waals surface area contributed by atoms with E-state index in [4.69, 9.17) is 0 Å². The first-order valence-electron chi connectivity index (χ1n) is 4.55. The van der Waals surface area contributed by atoms with E-state index >= 15 is 0 Å². The van der Waals surface area contributed by atoms with Crippen LogP contribution in [-0.4, -0.2) is 10.2 Å². The maximum absolute atomic E-state index is 3.80. The fraction of sp³-hybridized carbons (Fsp3) is 0. The van der Waals surface area contributed by atoms with Crippen LogP contribution in [0, 0.1) is 0 Å². The van der Waals surface area contributed by atoms with Crippen LogP contribution in [-0.2, 0) is 0 Å². The molecule has 0 bridgehead atoms. The molecule has 2 rings (SSSR count). The summed E-state index contributed by atoms with van der Waals surface area (Å²) in [5.41, 5.74) is 2.21. The molecule has 0 unspecified atom stereocenters. The SMILES string of the molecule is Brc1ccc(/C=C/c2ccnnc2)cc1. The van der Waals surface area contributed by atoms with Gasteiger partial charge in [0.2, 0.25) is 0 Å². The third-order valence-electron chi connectivity index (χ3n) is 1.95. The Labute approximate surface area is 96.8 Å². The van der Waals surface area contributed by atoms with Crippen LogP contribution in [0.4, 0.5) is 0 Å². The lowest BCUT2D eigenvalue weighted by molar-refractivity contribution is 1.03. The first-order valence-corrected chi connectivity index (χ1v) is 5.34. The Balaban J connectivity index is 2.15. The molecule has 0 amide bonds. The van der Waals surface area contributed by atoms with Gasteiger partial charge in [-0.15, -0.1) is 0 Å². The van der Waals surface area contributed by atoms with Crippen molar-refractivity contribution < 1.29 is 0 Å². The highest BCUT2D eigenvalue weighted by Crippen LogP contribution is 2.12. The van der Waals surface area contributed by atoms with E-state index in [1.54, 1.807) is 12.4 Å². The lowest BCUT2D eigenvalue weighted by atomic mass is 10.2. The smallest absolute Gasteiger partial charge is 0.0568 e. The largest absolute Gasteiger partial charge is 0.159 e. The minimum absolute atomic E-state index is 1.05. The van der Waals surface area contributed by atoms with Crippen LogP contribution < -0.4 is 0 Å². The van der Waals surface area contributed by atoms with Crippen molar-refractivity contribution in [2.45, 2.75) is 0 Å². The van der Waals surface area contributed by atoms with Crippen molar-refractivity contribution in [3.05, 3.63) is 58.3 Å². The molecule has 1 heterocycles. The van der Waals surface area contributed by atoms with Crippen LogP contribution in [0.15, 0.2) is 47.2 Å². The third kappa shape index (κ3) is 2.99. The van der Waals surface area contributed by atoms with Gasteiger partial charge >= 0.3 is 0 Å². The summed E-state index contributed by atoms with van der Waals surface area (Å²) in [5.74, 6) is 0. The molecular formula is C12H9BrN2. The van der Waals surface area contributed by atoms with Gasteiger partial charge in [-0.05, 0) is 29.3 Å². The fourth-order valence-electron chi connectivity index (χ4n) is 1.17. The van der Waals surface area contributed by atoms with Crippen LogP contribution in [0.1, 0.15) is 11.1 Å². The summed E-state index contributed by atoms with van der Waals surface area (Å²) in [6.45, 7) is 0. The summed E-state index contributed by atoms with van der Waals surface area (Å²) >= 11 is 3.40. The number of hydrogen-bond donors (Lipinski definition) is 0. The van der Waals surface area contributed by atoms with Crippen LogP contribution in [0.2, 0.25) is 0 Å². The number of rotatable bonds is 2. The lowest BCUT2D eigenvalue weighted by Crippen LogP contribution is -1.78. The second-order valence-electron chi connectivity index (χ2n) is 3.06. The zero-order chi connectivity index (χ0) is 10.5. The molecule has 15 heavy (non-hydrogen) atoms. The summed E-state index contributed by atoms with van der Waals surface area (Å²) in [5, 5.41) is 7.52. The van der Waals surface area contributed by atoms with Gasteiger partial charge in [0.1, 0.15) is 0 Å². The maximum atomic E-state index is 3.80. The maximum Gasteiger partial charge on any atom is 0.0568 e. The molecule has 0 spiro atoms. The molecule has 0 fully saturated rings. The highest BCUT2D eigenvalue weighted by Gasteiger charge is 1.88. The van der Waals surface area contributed by atoms with Gasteiger partial charge in [-0.2, -0.15) is 10.2 Å². The van der Waals surface area contributed by atoms with Crippen molar-refractivity contribution in [1.82, 2.24) is 10.2 Å². The first kappa shape index (κ1) is 10.1. The van der Waals surface area contributed by atoms with Crippen LogP contribution in [0.5, 0.6) is 0 Å². The second-order valence-corrected chi connectivity index (χ2v) is 3.98. The van der Waals surface area contributed by atoms with Gasteiger partial charge in [0, 0.05) is 4.47 Å². The predicted octanol–water partition coefficient (Wildman–Crippen LogP) is 3.41. The summed E-state index contributed by atoms with van der Waals surface area (Å²) in [6.07, 6.45) is 7.47. The highest BCUT2D eigenvalue weighted by atomic mass is 79.9. The van der Waals surface area contributed by atoms with Gasteiger partial charge in [-0.25, -0.2) is 0 Å². The second kappa shape index (κ2) is 4.84. The molecule has 0 aliphatic rings. The zero-order valence-corrected chi connectivity index (χ0v) is 9.55. The number of nitrogens with zero attached hydrogens (tertiary/aromatic N) is 2. The van der Waals surface area contributed by atoms with Gasteiger partial charge in [0.25, 0.3) is 0 Å². The monoisotopic (exact) mass is 260 g/mol. The van der Waals surface area contributed by atoms with Crippen molar-refractivity contribution in [1.29, 1.82) is 0 Å². The standard InChI is InChI=1S/C12H9BrN2/c13-12-5-3-10(4-6-12)1-2-11-7-8-14-15-9-11/h1-9H/b2-1+. The average Bonchev–Trinajstić information content (AvgIpc) is 2.30. The number of aromatic nitrogens is 2. The van der Waals surface area contributed by atoms with Gasteiger partial charge in [-0.1, -0.05) is 40.2 Å². The first-order chi connectivity index (χ1) is 7.34. The molecule has 2 nitrogen and oxygen atoms in total. The number of hydrogen-bond acceptors (Lipinski definition) is 2. The Hall–Kier alpha value is -1.48. The molecule has 1 aromatic heterocycles. The summed E-state index contributed by atoms with van der Waals surface area (Å²) in [4.78, 5) is 0. The summed E-state index contributed by atoms with van der Waals surface area (Å²) < 4.78 is 1.09. The minimum atomic E-state index is 1.05. The van der Waals surface area contributed by atoms with Crippen LogP contribution in [0.25, 0.3) is 12.2 Å². The Morgan fingerprint density at radius 2 is 1.60 bits per heavy atom. The van der Waals surface area contributed by atoms with Crippen molar-refractivity contribution in [3.63, 3.8) is 0 Å². The van der Waals surface area contributed by atoms with Gasteiger partial charge in [0.05, 0.1) is 12.4 Å². The quantitative estimate of drug-likeness (QED) is 0.827. The van der Waals surface area contributed by atoms with Crippen molar-refractivity contribution in [2.75, 3.05) is 0 Å². The average molecular weight is 261 g/mol. The molecule has 0 radical (unpaired) electrons. The molecule has 74 valence electrons. The minimum Gasteiger partial charge on any atom is -0.159 e. The molecule has 3 heteroatoms. The third-order valence-corrected chi connectivity index (χ3v) is 2.47. The normalized spacial score (nSPS) is 10.7. The Morgan fingerprint density at radius 3 is 2.27 bits per heavy atom. The van der Waals surface area contributed by atoms with E-state index in [2.05, 4.69) is 38.3 Å². The number of halogens is 1. The number of benzene rings is 1. The fourth-order valence-corrected chi connectivity index (χ4v) is 1.43. The van der Waals surface area contributed by atoms with E-state index in [0.29, 0.717) is 0 Å². The molecule has 0 saturated carbocycles. The van der Waals surface area contributed by atoms with Crippen LogP contribution in [0.3, 0.4) is 0 Å². The molecule has 0 atom stereocenters. The van der Waals surface area contributed by atoms with E-state index < -0.39 is 0 Å². The van der Waals surface area contributed by atoms with E-state index in [-0.39, 0.29) is 0 Å². The van der Waals surface area contributed by atoms with E-state index in [9.17, 15) is 0 Å². The molecule has 2 aromatic rings. The Kier molecular flexibility index (Phi) is 3.25. The predicted molar refractivity (Wildman–Crippen MR) is 65.1 cm³/mol. The van der Waals surface area contributed by atoms with E-state index in [1.165, 1.54) is 0 Å². The van der Waals surface area contributed by atoms with E-state index in [1.807, 2.05) is 30.4 Å². The summed E-state index contributed by atoms with van der Waals surface area (Å²) in [6, 6.07) is 10.1. The Morgan fingerprint density at radius 1 is 0.867 bits per heavy atom. The summed E-state index contributed by atoms with van der Waals surface area (Å²) in [7, 11) is 0. The molecular weight excluding hydrogens is 252 g/mol. The zero-order valence-electron chi connectivity index (χ0n) is 7.97. The Bertz CT molecular complexity index is 449. The molecule has 0 aliphatic carbocycles. The lowest BCUT2D eigenvalue weighted by Gasteiger charge is -1.93. The van der Waals surface area contributed by atoms with Gasteiger partial charge < -0.3 is 0 Å². The van der Waals surface area contributed by atoms with E-state index in [0.717, 1.165) is 15.6 Å². The van der Waals surface area contributed by atoms with Crippen molar-refractivity contribution >= 4 is 28.1 Å². The molecule has 0 N–H and O–H groups in total. The topological polar surface area (TPSA) is 25.8 Å². The van der Waals surface area contributed by atoms with Gasteiger partial charge in [0.15, 0.2) is 0 Å². The molecule has 0 aliphatic heterocycles. The van der Waals surface area contributed by atoms with Crippen molar-refractivity contribution in [3.8, 4) is 0 Å². The molecule has 1 aromatic carbocycles. The van der Waals surface area contributed by atoms with Crippen molar-refractivity contribution in [2.24, 2.45) is 0 Å². The molecule has 0 saturated heterocycles. The van der Waals surface area contributed by atoms with Gasteiger partial charge in [-0.3, -0.25) is 0 Å². The highest BCUT2D eigenvalue weighted by molar-refractivity contribution is 9.10.